The Hall–Kier alpha value is -3.27. The summed E-state index contributed by atoms with van der Waals surface area (Å²) in [7, 11) is 3.25. The van der Waals surface area contributed by atoms with E-state index >= 15 is 0 Å². The number of ether oxygens (including phenoxy) is 2. The highest BCUT2D eigenvalue weighted by Crippen LogP contribution is 2.32. The molecule has 0 saturated heterocycles. The lowest BCUT2D eigenvalue weighted by atomic mass is 9.94. The Labute approximate surface area is 172 Å². The standard InChI is InChI=1S/C25H27NO3/c1-18(22-15-14-21(28-2)17-23(22)29-3)16-24(27)26-25(19-10-6-4-7-11-19)20-12-8-5-9-13-20/h4-15,17-18,25H,16H2,1-3H3,(H,26,27). The van der Waals surface area contributed by atoms with Gasteiger partial charge in [-0.1, -0.05) is 73.7 Å². The van der Waals surface area contributed by atoms with E-state index in [1.807, 2.05) is 85.8 Å². The number of carbonyl (C=O) groups is 1. The number of hydrogen-bond donors (Lipinski definition) is 1. The highest BCUT2D eigenvalue weighted by atomic mass is 16.5. The van der Waals surface area contributed by atoms with E-state index in [0.29, 0.717) is 6.42 Å². The zero-order valence-corrected chi connectivity index (χ0v) is 17.1. The number of methoxy groups -OCH3 is 2. The van der Waals surface area contributed by atoms with Crippen molar-refractivity contribution in [2.75, 3.05) is 14.2 Å². The maximum absolute atomic E-state index is 12.9. The van der Waals surface area contributed by atoms with Crippen LogP contribution < -0.4 is 14.8 Å². The van der Waals surface area contributed by atoms with Crippen LogP contribution in [-0.4, -0.2) is 20.1 Å². The molecular weight excluding hydrogens is 362 g/mol. The summed E-state index contributed by atoms with van der Waals surface area (Å²) in [4.78, 5) is 12.9. The second-order valence-electron chi connectivity index (χ2n) is 7.03. The predicted octanol–water partition coefficient (Wildman–Crippen LogP) is 5.10. The van der Waals surface area contributed by atoms with E-state index < -0.39 is 0 Å². The third kappa shape index (κ3) is 5.17. The van der Waals surface area contributed by atoms with Crippen LogP contribution >= 0.6 is 0 Å². The predicted molar refractivity (Wildman–Crippen MR) is 115 cm³/mol. The van der Waals surface area contributed by atoms with E-state index in [1.54, 1.807) is 14.2 Å². The maximum Gasteiger partial charge on any atom is 0.221 e. The minimum Gasteiger partial charge on any atom is -0.497 e. The van der Waals surface area contributed by atoms with E-state index in [-0.39, 0.29) is 17.9 Å². The van der Waals surface area contributed by atoms with Gasteiger partial charge in [-0.05, 0) is 28.7 Å². The van der Waals surface area contributed by atoms with Gasteiger partial charge in [-0.2, -0.15) is 0 Å². The Bertz CT molecular complexity index is 886. The van der Waals surface area contributed by atoms with E-state index in [9.17, 15) is 4.79 Å². The fraction of sp³-hybridized carbons (Fsp3) is 0.240. The lowest BCUT2D eigenvalue weighted by Crippen LogP contribution is -2.30. The topological polar surface area (TPSA) is 47.6 Å². The van der Waals surface area contributed by atoms with Gasteiger partial charge in [-0.15, -0.1) is 0 Å². The molecule has 0 bridgehead atoms. The summed E-state index contributed by atoms with van der Waals surface area (Å²) < 4.78 is 10.8. The van der Waals surface area contributed by atoms with Gasteiger partial charge in [0.25, 0.3) is 0 Å². The zero-order chi connectivity index (χ0) is 20.6. The van der Waals surface area contributed by atoms with E-state index in [0.717, 1.165) is 28.2 Å². The van der Waals surface area contributed by atoms with Crippen molar-refractivity contribution >= 4 is 5.91 Å². The van der Waals surface area contributed by atoms with Crippen LogP contribution in [0.15, 0.2) is 78.9 Å². The quantitative estimate of drug-likeness (QED) is 0.583. The van der Waals surface area contributed by atoms with Gasteiger partial charge in [0.2, 0.25) is 5.91 Å². The summed E-state index contributed by atoms with van der Waals surface area (Å²) in [6.45, 7) is 2.03. The molecule has 0 saturated carbocycles. The smallest absolute Gasteiger partial charge is 0.221 e. The molecule has 3 aromatic carbocycles. The van der Waals surface area contributed by atoms with Crippen molar-refractivity contribution in [1.82, 2.24) is 5.32 Å². The average molecular weight is 389 g/mol. The number of nitrogens with one attached hydrogen (secondary N) is 1. The molecule has 150 valence electrons. The summed E-state index contributed by atoms with van der Waals surface area (Å²) >= 11 is 0. The van der Waals surface area contributed by atoms with Crippen LogP contribution in [-0.2, 0) is 4.79 Å². The first-order valence-electron chi connectivity index (χ1n) is 9.73. The zero-order valence-electron chi connectivity index (χ0n) is 17.1. The second kappa shape index (κ2) is 9.78. The summed E-state index contributed by atoms with van der Waals surface area (Å²) in [6.07, 6.45) is 0.360. The lowest BCUT2D eigenvalue weighted by molar-refractivity contribution is -0.121. The first kappa shape index (κ1) is 20.5. The van der Waals surface area contributed by atoms with Crippen molar-refractivity contribution in [3.05, 3.63) is 95.6 Å². The number of hydrogen-bond acceptors (Lipinski definition) is 3. The van der Waals surface area contributed by atoms with Gasteiger partial charge in [-0.25, -0.2) is 0 Å². The van der Waals surface area contributed by atoms with E-state index in [4.69, 9.17) is 9.47 Å². The van der Waals surface area contributed by atoms with Gasteiger partial charge in [0, 0.05) is 12.5 Å². The Kier molecular flexibility index (Phi) is 6.90. The Balaban J connectivity index is 1.77. The Morgan fingerprint density at radius 3 is 1.97 bits per heavy atom. The molecule has 1 atom stereocenters. The van der Waals surface area contributed by atoms with E-state index in [2.05, 4.69) is 5.32 Å². The molecule has 1 unspecified atom stereocenters. The Morgan fingerprint density at radius 1 is 0.862 bits per heavy atom. The molecule has 0 radical (unpaired) electrons. The largest absolute Gasteiger partial charge is 0.497 e. The summed E-state index contributed by atoms with van der Waals surface area (Å²) in [6, 6.07) is 25.6. The van der Waals surface area contributed by atoms with Crippen LogP contribution in [0.3, 0.4) is 0 Å². The monoisotopic (exact) mass is 389 g/mol. The molecule has 0 aliphatic rings. The number of carbonyl (C=O) groups excluding carboxylic acids is 1. The van der Waals surface area contributed by atoms with Crippen molar-refractivity contribution in [2.24, 2.45) is 0 Å². The van der Waals surface area contributed by atoms with E-state index in [1.165, 1.54) is 0 Å². The van der Waals surface area contributed by atoms with Crippen molar-refractivity contribution in [3.8, 4) is 11.5 Å². The molecule has 29 heavy (non-hydrogen) atoms. The van der Waals surface area contributed by atoms with Crippen LogP contribution in [0.4, 0.5) is 0 Å². The molecule has 1 amide bonds. The minimum absolute atomic E-state index is 0.00283. The van der Waals surface area contributed by atoms with Crippen LogP contribution in [0.1, 0.15) is 42.0 Å². The first-order valence-corrected chi connectivity index (χ1v) is 9.73. The number of amides is 1. The third-order valence-electron chi connectivity index (χ3n) is 5.03. The van der Waals surface area contributed by atoms with Gasteiger partial charge in [-0.3, -0.25) is 4.79 Å². The highest BCUT2D eigenvalue weighted by molar-refractivity contribution is 5.78. The lowest BCUT2D eigenvalue weighted by Gasteiger charge is -2.22. The van der Waals surface area contributed by atoms with Crippen molar-refractivity contribution in [1.29, 1.82) is 0 Å². The van der Waals surface area contributed by atoms with Crippen LogP contribution in [0, 0.1) is 0 Å². The molecule has 0 spiro atoms. The van der Waals surface area contributed by atoms with Gasteiger partial charge in [0.1, 0.15) is 11.5 Å². The number of rotatable bonds is 8. The molecule has 3 aromatic rings. The van der Waals surface area contributed by atoms with Crippen molar-refractivity contribution in [3.63, 3.8) is 0 Å². The van der Waals surface area contributed by atoms with Crippen molar-refractivity contribution in [2.45, 2.75) is 25.3 Å². The molecule has 0 heterocycles. The molecule has 1 N–H and O–H groups in total. The summed E-state index contributed by atoms with van der Waals surface area (Å²) in [5.74, 6) is 1.46. The third-order valence-corrected chi connectivity index (χ3v) is 5.03. The highest BCUT2D eigenvalue weighted by Gasteiger charge is 2.20. The second-order valence-corrected chi connectivity index (χ2v) is 7.03. The normalized spacial score (nSPS) is 11.7. The molecule has 0 aliphatic heterocycles. The maximum atomic E-state index is 12.9. The number of benzene rings is 3. The fourth-order valence-electron chi connectivity index (χ4n) is 3.48. The molecule has 0 aromatic heterocycles. The Morgan fingerprint density at radius 2 is 1.45 bits per heavy atom. The minimum atomic E-state index is -0.185. The summed E-state index contributed by atoms with van der Waals surface area (Å²) in [5.41, 5.74) is 3.10. The van der Waals surface area contributed by atoms with Gasteiger partial charge >= 0.3 is 0 Å². The van der Waals surface area contributed by atoms with Crippen LogP contribution in [0.2, 0.25) is 0 Å². The van der Waals surface area contributed by atoms with Gasteiger partial charge < -0.3 is 14.8 Å². The SMILES string of the molecule is COc1ccc(C(C)CC(=O)NC(c2ccccc2)c2ccccc2)c(OC)c1. The summed E-state index contributed by atoms with van der Waals surface area (Å²) in [5, 5.41) is 3.21. The van der Waals surface area contributed by atoms with Crippen LogP contribution in [0.25, 0.3) is 0 Å². The average Bonchev–Trinajstić information content (AvgIpc) is 2.78. The van der Waals surface area contributed by atoms with Gasteiger partial charge in [0.05, 0.1) is 20.3 Å². The van der Waals surface area contributed by atoms with Crippen LogP contribution in [0.5, 0.6) is 11.5 Å². The van der Waals surface area contributed by atoms with Gasteiger partial charge in [0.15, 0.2) is 0 Å². The molecule has 0 fully saturated rings. The fourth-order valence-corrected chi connectivity index (χ4v) is 3.48. The first-order chi connectivity index (χ1) is 14.1. The molecular formula is C25H27NO3. The molecule has 4 nitrogen and oxygen atoms in total. The molecule has 0 aliphatic carbocycles. The van der Waals surface area contributed by atoms with Crippen molar-refractivity contribution < 1.29 is 14.3 Å². The molecule has 4 heteroatoms. The molecule has 3 rings (SSSR count).